The van der Waals surface area contributed by atoms with Crippen LogP contribution in [0.2, 0.25) is 0 Å². The van der Waals surface area contributed by atoms with Gasteiger partial charge in [-0.25, -0.2) is 21.6 Å². The van der Waals surface area contributed by atoms with Crippen LogP contribution in [0.25, 0.3) is 0 Å². The Labute approximate surface area is 145 Å². The summed E-state index contributed by atoms with van der Waals surface area (Å²) in [5, 5.41) is 6.50. The van der Waals surface area contributed by atoms with E-state index in [1.54, 1.807) is 30.3 Å². The molecule has 24 heavy (non-hydrogen) atoms. The normalized spacial score (nSPS) is 12.4. The van der Waals surface area contributed by atoms with Crippen molar-refractivity contribution in [3.8, 4) is 0 Å². The maximum atomic E-state index is 12.2. The molecule has 1 N–H and O–H groups in total. The van der Waals surface area contributed by atoms with Gasteiger partial charge in [-0.3, -0.25) is 0 Å². The molecule has 0 saturated carbocycles. The number of rotatable bonds is 9. The highest BCUT2D eigenvalue weighted by atomic mass is 35.5. The largest absolute Gasteiger partial charge is 0.411 e. The molecular formula is C13H16ClN3O5S2. The summed E-state index contributed by atoms with van der Waals surface area (Å²) >= 11 is 5.44. The van der Waals surface area contributed by atoms with E-state index in [1.807, 2.05) is 0 Å². The van der Waals surface area contributed by atoms with E-state index in [0.29, 0.717) is 12.0 Å². The fourth-order valence-electron chi connectivity index (χ4n) is 1.78. The Morgan fingerprint density at radius 2 is 1.79 bits per heavy atom. The predicted octanol–water partition coefficient (Wildman–Crippen LogP) is 1.09. The minimum atomic E-state index is -3.80. The molecule has 0 aliphatic rings. The Balaban J connectivity index is 2.02. The van der Waals surface area contributed by atoms with E-state index in [1.165, 1.54) is 0 Å². The molecule has 2 rings (SSSR count). The van der Waals surface area contributed by atoms with Crippen molar-refractivity contribution in [1.82, 2.24) is 14.9 Å². The zero-order valence-electron chi connectivity index (χ0n) is 12.6. The highest BCUT2D eigenvalue weighted by Gasteiger charge is 2.23. The smallest absolute Gasteiger partial charge is 0.335 e. The Morgan fingerprint density at radius 3 is 2.46 bits per heavy atom. The lowest BCUT2D eigenvalue weighted by Gasteiger charge is -2.02. The van der Waals surface area contributed by atoms with Crippen molar-refractivity contribution in [2.45, 2.75) is 23.9 Å². The first-order valence-electron chi connectivity index (χ1n) is 6.95. The minimum Gasteiger partial charge on any atom is -0.411 e. The molecule has 0 unspecified atom stereocenters. The van der Waals surface area contributed by atoms with E-state index >= 15 is 0 Å². The summed E-state index contributed by atoms with van der Waals surface area (Å²) < 4.78 is 55.0. The first kappa shape index (κ1) is 18.8. The topological polar surface area (TPSA) is 119 Å². The number of sulfone groups is 1. The number of alkyl halides is 1. The van der Waals surface area contributed by atoms with Crippen molar-refractivity contribution in [1.29, 1.82) is 0 Å². The van der Waals surface area contributed by atoms with Gasteiger partial charge in [0, 0.05) is 5.88 Å². The van der Waals surface area contributed by atoms with Gasteiger partial charge in [0.2, 0.25) is 25.8 Å². The van der Waals surface area contributed by atoms with Gasteiger partial charge >= 0.3 is 5.22 Å². The van der Waals surface area contributed by atoms with Crippen LogP contribution in [0.4, 0.5) is 0 Å². The summed E-state index contributed by atoms with van der Waals surface area (Å²) in [6, 6.07) is 8.55. The van der Waals surface area contributed by atoms with Crippen LogP contribution >= 0.6 is 11.6 Å². The van der Waals surface area contributed by atoms with Crippen molar-refractivity contribution in [2.75, 3.05) is 11.6 Å². The number of nitrogens with one attached hydrogen (secondary N) is 1. The number of hydrogen-bond acceptors (Lipinski definition) is 7. The number of benzene rings is 1. The molecule has 8 nitrogen and oxygen atoms in total. The Morgan fingerprint density at radius 1 is 1.08 bits per heavy atom. The van der Waals surface area contributed by atoms with Gasteiger partial charge in [0.05, 0.1) is 18.1 Å². The molecular weight excluding hydrogens is 378 g/mol. The number of nitrogens with zero attached hydrogens (tertiary/aromatic N) is 2. The van der Waals surface area contributed by atoms with Gasteiger partial charge in [0.15, 0.2) is 0 Å². The van der Waals surface area contributed by atoms with E-state index in [2.05, 4.69) is 14.9 Å². The Kier molecular flexibility index (Phi) is 6.33. The molecule has 0 amide bonds. The molecule has 0 aliphatic carbocycles. The van der Waals surface area contributed by atoms with Gasteiger partial charge in [0.25, 0.3) is 0 Å². The Hall–Kier alpha value is -1.49. The quantitative estimate of drug-likeness (QED) is 0.633. The Bertz CT molecular complexity index is 866. The van der Waals surface area contributed by atoms with Crippen LogP contribution < -0.4 is 4.72 Å². The molecule has 0 radical (unpaired) electrons. The third kappa shape index (κ3) is 5.55. The molecule has 0 aliphatic heterocycles. The molecule has 11 heteroatoms. The van der Waals surface area contributed by atoms with Crippen molar-refractivity contribution in [2.24, 2.45) is 0 Å². The number of halogens is 1. The lowest BCUT2D eigenvalue weighted by atomic mass is 10.2. The zero-order chi connectivity index (χ0) is 17.6. The van der Waals surface area contributed by atoms with Crippen molar-refractivity contribution in [3.05, 3.63) is 41.8 Å². The van der Waals surface area contributed by atoms with Gasteiger partial charge in [0.1, 0.15) is 0 Å². The summed E-state index contributed by atoms with van der Waals surface area (Å²) in [4.78, 5) is 0. The molecule has 0 saturated heterocycles. The molecule has 0 spiro atoms. The van der Waals surface area contributed by atoms with E-state index in [4.69, 9.17) is 16.0 Å². The average molecular weight is 394 g/mol. The maximum Gasteiger partial charge on any atom is 0.335 e. The summed E-state index contributed by atoms with van der Waals surface area (Å²) in [7, 11) is -7.32. The molecule has 0 atom stereocenters. The highest BCUT2D eigenvalue weighted by Crippen LogP contribution is 2.15. The summed E-state index contributed by atoms with van der Waals surface area (Å²) in [6.07, 6.45) is 0.303. The van der Waals surface area contributed by atoms with E-state index in [9.17, 15) is 16.8 Å². The molecule has 1 aromatic carbocycles. The second-order valence-electron chi connectivity index (χ2n) is 4.89. The number of aromatic nitrogens is 2. The van der Waals surface area contributed by atoms with Gasteiger partial charge in [-0.15, -0.1) is 16.7 Å². The SMILES string of the molecule is O=S(=O)(CCCCl)NCc1nnc(S(=O)(=O)Cc2ccccc2)o1. The van der Waals surface area contributed by atoms with Crippen LogP contribution in [0, 0.1) is 0 Å². The van der Waals surface area contributed by atoms with Crippen molar-refractivity contribution >= 4 is 31.5 Å². The lowest BCUT2D eigenvalue weighted by Crippen LogP contribution is -2.26. The van der Waals surface area contributed by atoms with Crippen molar-refractivity contribution in [3.63, 3.8) is 0 Å². The monoisotopic (exact) mass is 393 g/mol. The van der Waals surface area contributed by atoms with Gasteiger partial charge in [-0.05, 0) is 12.0 Å². The fourth-order valence-corrected chi connectivity index (χ4v) is 4.23. The van der Waals surface area contributed by atoms with E-state index < -0.39 is 25.1 Å². The van der Waals surface area contributed by atoms with Crippen LogP contribution in [-0.4, -0.2) is 38.7 Å². The molecule has 0 bridgehead atoms. The predicted molar refractivity (Wildman–Crippen MR) is 87.6 cm³/mol. The van der Waals surface area contributed by atoms with Gasteiger partial charge in [-0.2, -0.15) is 0 Å². The number of hydrogen-bond donors (Lipinski definition) is 1. The first-order valence-corrected chi connectivity index (χ1v) is 10.8. The minimum absolute atomic E-state index is 0.129. The number of sulfonamides is 1. The van der Waals surface area contributed by atoms with Crippen LogP contribution in [0.3, 0.4) is 0 Å². The maximum absolute atomic E-state index is 12.2. The molecule has 132 valence electrons. The van der Waals surface area contributed by atoms with Crippen molar-refractivity contribution < 1.29 is 21.3 Å². The first-order chi connectivity index (χ1) is 11.3. The molecule has 0 fully saturated rings. The standard InChI is InChI=1S/C13H16ClN3O5S2/c14-7-4-8-24(20,21)15-9-12-16-17-13(22-12)23(18,19)10-11-5-2-1-3-6-11/h1-3,5-6,15H,4,7-10H2. The highest BCUT2D eigenvalue weighted by molar-refractivity contribution is 7.90. The lowest BCUT2D eigenvalue weighted by molar-refractivity contribution is 0.393. The molecule has 1 heterocycles. The second kappa shape index (κ2) is 8.06. The molecule has 2 aromatic rings. The van der Waals surface area contributed by atoms with E-state index in [0.717, 1.165) is 0 Å². The fraction of sp³-hybridized carbons (Fsp3) is 0.385. The van der Waals surface area contributed by atoms with Crippen LogP contribution in [0.1, 0.15) is 17.9 Å². The zero-order valence-corrected chi connectivity index (χ0v) is 14.9. The van der Waals surface area contributed by atoms with Crippen LogP contribution in [0.5, 0.6) is 0 Å². The third-order valence-corrected chi connectivity index (χ3v) is 5.99. The van der Waals surface area contributed by atoms with E-state index in [-0.39, 0.29) is 29.8 Å². The van der Waals surface area contributed by atoms with Gasteiger partial charge in [-0.1, -0.05) is 35.4 Å². The summed E-state index contributed by atoms with van der Waals surface area (Å²) in [5.74, 6) is -0.319. The van der Waals surface area contributed by atoms with Crippen LogP contribution in [0.15, 0.2) is 40.0 Å². The van der Waals surface area contributed by atoms with Gasteiger partial charge < -0.3 is 4.42 Å². The summed E-state index contributed by atoms with van der Waals surface area (Å²) in [5.41, 5.74) is 0.582. The summed E-state index contributed by atoms with van der Waals surface area (Å²) in [6.45, 7) is -0.279. The second-order valence-corrected chi connectivity index (χ2v) is 9.06. The third-order valence-electron chi connectivity index (χ3n) is 2.90. The average Bonchev–Trinajstić information content (AvgIpc) is 3.02. The molecule has 1 aromatic heterocycles. The van der Waals surface area contributed by atoms with Crippen LogP contribution in [-0.2, 0) is 32.2 Å².